The smallest absolute Gasteiger partial charge is 0.303 e. The van der Waals surface area contributed by atoms with Crippen molar-refractivity contribution in [3.05, 3.63) is 0 Å². The van der Waals surface area contributed by atoms with E-state index in [1.54, 1.807) is 0 Å². The minimum absolute atomic E-state index is 0.207. The van der Waals surface area contributed by atoms with E-state index in [0.29, 0.717) is 17.6 Å². The number of nitrogens with two attached hydrogens (primary N) is 1. The summed E-state index contributed by atoms with van der Waals surface area (Å²) < 4.78 is 0.341. The molecular weight excluding hydrogens is 132 g/mol. The van der Waals surface area contributed by atoms with Crippen LogP contribution in [0.2, 0.25) is 0 Å². The summed E-state index contributed by atoms with van der Waals surface area (Å²) in [6.07, 6.45) is 0.845. The number of aliphatic carboxylic acids is 1. The van der Waals surface area contributed by atoms with E-state index in [9.17, 15) is 4.79 Å². The van der Waals surface area contributed by atoms with Crippen LogP contribution in [0.1, 0.15) is 12.8 Å². The van der Waals surface area contributed by atoms with Gasteiger partial charge in [0.05, 0.1) is 27.1 Å². The lowest BCUT2D eigenvalue weighted by atomic mass is 10.3. The normalized spacial score (nSPS) is 11.5. The fourth-order valence-corrected chi connectivity index (χ4v) is 0.638. The molecule has 4 heteroatoms. The highest BCUT2D eigenvalue weighted by Gasteiger charge is 2.08. The molecule has 0 fully saturated rings. The standard InChI is InChI=1S/C6H14N2O2/c1-8(2,7)5-3-4-6(9)10/h3-5,7H2,1-2H3/p+1. The van der Waals surface area contributed by atoms with Gasteiger partial charge in [-0.15, -0.1) is 0 Å². The molecule has 0 atom stereocenters. The predicted octanol–water partition coefficient (Wildman–Crippen LogP) is -0.199. The van der Waals surface area contributed by atoms with E-state index < -0.39 is 5.97 Å². The van der Waals surface area contributed by atoms with E-state index in [-0.39, 0.29) is 6.42 Å². The maximum absolute atomic E-state index is 10.0. The topological polar surface area (TPSA) is 63.3 Å². The van der Waals surface area contributed by atoms with Gasteiger partial charge in [-0.2, -0.15) is 5.84 Å². The van der Waals surface area contributed by atoms with E-state index in [2.05, 4.69) is 0 Å². The molecule has 0 aliphatic carbocycles. The summed E-state index contributed by atoms with van der Waals surface area (Å²) in [5.74, 6) is 4.81. The van der Waals surface area contributed by atoms with Gasteiger partial charge < -0.3 is 5.11 Å². The molecule has 0 saturated carbocycles. The molecule has 0 aliphatic rings. The van der Waals surface area contributed by atoms with Crippen molar-refractivity contribution < 1.29 is 14.5 Å². The molecule has 4 nitrogen and oxygen atoms in total. The Bertz CT molecular complexity index is 117. The van der Waals surface area contributed by atoms with Crippen molar-refractivity contribution in [1.29, 1.82) is 0 Å². The fourth-order valence-electron chi connectivity index (χ4n) is 0.638. The third kappa shape index (κ3) is 7.39. The number of carboxylic acid groups (broad SMARTS) is 1. The quantitative estimate of drug-likeness (QED) is 0.329. The van der Waals surface area contributed by atoms with Crippen molar-refractivity contribution in [3.63, 3.8) is 0 Å². The van der Waals surface area contributed by atoms with Crippen molar-refractivity contribution in [2.75, 3.05) is 20.6 Å². The summed E-state index contributed by atoms with van der Waals surface area (Å²) in [4.78, 5) is 10.0. The van der Waals surface area contributed by atoms with Crippen LogP contribution in [-0.4, -0.2) is 36.3 Å². The Kier molecular flexibility index (Phi) is 3.32. The van der Waals surface area contributed by atoms with E-state index in [4.69, 9.17) is 10.9 Å². The third-order valence-corrected chi connectivity index (χ3v) is 1.13. The molecule has 60 valence electrons. The number of rotatable bonds is 4. The minimum Gasteiger partial charge on any atom is -0.481 e. The Morgan fingerprint density at radius 2 is 2.10 bits per heavy atom. The van der Waals surface area contributed by atoms with E-state index in [0.717, 1.165) is 0 Å². The molecule has 0 heterocycles. The van der Waals surface area contributed by atoms with Crippen molar-refractivity contribution in [3.8, 4) is 0 Å². The zero-order valence-corrected chi connectivity index (χ0v) is 6.50. The van der Waals surface area contributed by atoms with Crippen molar-refractivity contribution in [2.45, 2.75) is 12.8 Å². The van der Waals surface area contributed by atoms with Crippen LogP contribution in [0.3, 0.4) is 0 Å². The van der Waals surface area contributed by atoms with Crippen LogP contribution in [0.4, 0.5) is 0 Å². The molecule has 0 aliphatic heterocycles. The Morgan fingerprint density at radius 3 is 2.40 bits per heavy atom. The molecular formula is C6H15N2O2+. The van der Waals surface area contributed by atoms with Crippen LogP contribution in [0.5, 0.6) is 0 Å². The molecule has 0 aromatic carbocycles. The van der Waals surface area contributed by atoms with Crippen LogP contribution in [0, 0.1) is 0 Å². The van der Waals surface area contributed by atoms with Gasteiger partial charge in [-0.05, 0) is 0 Å². The Balaban J connectivity index is 3.29. The van der Waals surface area contributed by atoms with Gasteiger partial charge in [-0.25, -0.2) is 0 Å². The predicted molar refractivity (Wildman–Crippen MR) is 38.0 cm³/mol. The maximum Gasteiger partial charge on any atom is 0.303 e. The van der Waals surface area contributed by atoms with E-state index in [1.807, 2.05) is 14.1 Å². The number of nitrogens with zero attached hydrogens (tertiary/aromatic N) is 1. The SMILES string of the molecule is C[N+](C)(N)CCCC(=O)O. The largest absolute Gasteiger partial charge is 0.481 e. The first-order chi connectivity index (χ1) is 4.42. The van der Waals surface area contributed by atoms with Gasteiger partial charge in [0.25, 0.3) is 0 Å². The lowest BCUT2D eigenvalue weighted by Gasteiger charge is -2.21. The summed E-state index contributed by atoms with van der Waals surface area (Å²) in [5.41, 5.74) is 0. The molecule has 0 amide bonds. The van der Waals surface area contributed by atoms with Crippen LogP contribution >= 0.6 is 0 Å². The molecule has 0 rings (SSSR count). The maximum atomic E-state index is 10.0. The van der Waals surface area contributed by atoms with Crippen molar-refractivity contribution in [1.82, 2.24) is 0 Å². The lowest BCUT2D eigenvalue weighted by Crippen LogP contribution is -2.47. The second-order valence-electron chi connectivity index (χ2n) is 3.00. The van der Waals surface area contributed by atoms with Gasteiger partial charge in [-0.3, -0.25) is 9.39 Å². The number of quaternary nitrogens is 1. The highest BCUT2D eigenvalue weighted by atomic mass is 16.4. The zero-order valence-electron chi connectivity index (χ0n) is 6.50. The van der Waals surface area contributed by atoms with Gasteiger partial charge in [0.15, 0.2) is 0 Å². The molecule has 0 aromatic rings. The first-order valence-corrected chi connectivity index (χ1v) is 3.25. The van der Waals surface area contributed by atoms with Gasteiger partial charge >= 0.3 is 5.97 Å². The Hall–Kier alpha value is -0.610. The fraction of sp³-hybridized carbons (Fsp3) is 0.833. The summed E-state index contributed by atoms with van der Waals surface area (Å²) in [7, 11) is 3.67. The number of hydrogen-bond acceptors (Lipinski definition) is 2. The summed E-state index contributed by atoms with van der Waals surface area (Å²) in [5, 5.41) is 8.26. The summed E-state index contributed by atoms with van der Waals surface area (Å²) in [6, 6.07) is 0. The second-order valence-corrected chi connectivity index (χ2v) is 3.00. The average Bonchev–Trinajstić information content (AvgIpc) is 1.59. The van der Waals surface area contributed by atoms with Crippen molar-refractivity contribution >= 4 is 5.97 Å². The van der Waals surface area contributed by atoms with Gasteiger partial charge in [-0.1, -0.05) is 0 Å². The molecule has 0 unspecified atom stereocenters. The Morgan fingerprint density at radius 1 is 1.60 bits per heavy atom. The second kappa shape index (κ2) is 3.53. The number of carboxylic acids is 1. The van der Waals surface area contributed by atoms with Crippen LogP contribution in [-0.2, 0) is 4.79 Å². The average molecular weight is 147 g/mol. The van der Waals surface area contributed by atoms with Gasteiger partial charge in [0.2, 0.25) is 0 Å². The Labute approximate surface area is 60.8 Å². The van der Waals surface area contributed by atoms with Crippen molar-refractivity contribution in [2.24, 2.45) is 5.84 Å². The molecule has 0 saturated heterocycles. The van der Waals surface area contributed by atoms with Crippen LogP contribution < -0.4 is 5.84 Å². The lowest BCUT2D eigenvalue weighted by molar-refractivity contribution is -0.902. The molecule has 0 spiro atoms. The summed E-state index contributed by atoms with van der Waals surface area (Å²) >= 11 is 0. The highest BCUT2D eigenvalue weighted by molar-refractivity contribution is 5.66. The third-order valence-electron chi connectivity index (χ3n) is 1.13. The minimum atomic E-state index is -0.756. The van der Waals surface area contributed by atoms with Crippen LogP contribution in [0.25, 0.3) is 0 Å². The van der Waals surface area contributed by atoms with E-state index >= 15 is 0 Å². The number of hydrogen-bond donors (Lipinski definition) is 2. The first kappa shape index (κ1) is 9.39. The van der Waals surface area contributed by atoms with Crippen LogP contribution in [0.15, 0.2) is 0 Å². The summed E-state index contributed by atoms with van der Waals surface area (Å²) in [6.45, 7) is 0.701. The van der Waals surface area contributed by atoms with Gasteiger partial charge in [0, 0.05) is 6.42 Å². The molecule has 0 bridgehead atoms. The van der Waals surface area contributed by atoms with Gasteiger partial charge in [0.1, 0.15) is 0 Å². The molecule has 0 aromatic heterocycles. The number of carbonyl (C=O) groups is 1. The molecule has 10 heavy (non-hydrogen) atoms. The first-order valence-electron chi connectivity index (χ1n) is 3.25. The van der Waals surface area contributed by atoms with E-state index in [1.165, 1.54) is 0 Å². The molecule has 0 radical (unpaired) electrons. The molecule has 3 N–H and O–H groups in total. The monoisotopic (exact) mass is 147 g/mol. The highest BCUT2D eigenvalue weighted by Crippen LogP contribution is 1.93. The zero-order chi connectivity index (χ0) is 8.20.